The molecule has 1 amide bonds. The van der Waals surface area contributed by atoms with Gasteiger partial charge in [0.2, 0.25) is 0 Å². The van der Waals surface area contributed by atoms with Crippen molar-refractivity contribution >= 4 is 39.1 Å². The Bertz CT molecular complexity index is 1490. The molecule has 2 aliphatic rings. The molecule has 0 spiro atoms. The van der Waals surface area contributed by atoms with Gasteiger partial charge in [-0.25, -0.2) is 4.98 Å². The monoisotopic (exact) mass is 507 g/mol. The van der Waals surface area contributed by atoms with Crippen molar-refractivity contribution in [2.75, 3.05) is 26.2 Å². The Morgan fingerprint density at radius 1 is 1.17 bits per heavy atom. The largest absolute Gasteiger partial charge is 0.479 e. The first kappa shape index (κ1) is 22.2. The zero-order valence-corrected chi connectivity index (χ0v) is 20.3. The number of aromatic nitrogens is 3. The lowest BCUT2D eigenvalue weighted by molar-refractivity contribution is -0.138. The molecule has 0 radical (unpaired) electrons. The van der Waals surface area contributed by atoms with Gasteiger partial charge in [-0.1, -0.05) is 11.6 Å². The van der Waals surface area contributed by atoms with Crippen LogP contribution in [0.25, 0.3) is 21.3 Å². The molecule has 1 N–H and O–H groups in total. The number of benzene rings is 1. The number of piperazine rings is 1. The number of halogens is 1. The Balaban J connectivity index is 1.36. The van der Waals surface area contributed by atoms with Crippen molar-refractivity contribution < 1.29 is 9.53 Å². The number of hydrogen-bond donors (Lipinski definition) is 1. The molecule has 0 unspecified atom stereocenters. The van der Waals surface area contributed by atoms with Crippen LogP contribution in [0.5, 0.6) is 5.75 Å². The molecule has 1 fully saturated rings. The molecule has 0 saturated carbocycles. The minimum atomic E-state index is -0.547. The zero-order chi connectivity index (χ0) is 23.9. The first-order valence-electron chi connectivity index (χ1n) is 11.4. The summed E-state index contributed by atoms with van der Waals surface area (Å²) in [5.41, 5.74) is 3.46. The molecule has 1 aromatic carbocycles. The van der Waals surface area contributed by atoms with Crippen LogP contribution >= 0.6 is 22.9 Å². The predicted octanol–water partition coefficient (Wildman–Crippen LogP) is 2.96. The Morgan fingerprint density at radius 2 is 2.03 bits per heavy atom. The van der Waals surface area contributed by atoms with Crippen LogP contribution in [0.3, 0.4) is 0 Å². The number of ether oxygens (including phenoxy) is 1. The van der Waals surface area contributed by atoms with Crippen LogP contribution in [0.15, 0.2) is 53.8 Å². The third kappa shape index (κ3) is 4.20. The van der Waals surface area contributed by atoms with Crippen LogP contribution in [0, 0.1) is 0 Å². The summed E-state index contributed by atoms with van der Waals surface area (Å²) in [6.45, 7) is 3.38. The number of fused-ring (bicyclic) bond motifs is 2. The molecular weight excluding hydrogens is 486 g/mol. The minimum Gasteiger partial charge on any atom is -0.479 e. The molecule has 6 rings (SSSR count). The second kappa shape index (κ2) is 9.07. The van der Waals surface area contributed by atoms with Crippen molar-refractivity contribution in [3.8, 4) is 16.9 Å². The third-order valence-corrected chi connectivity index (χ3v) is 7.73. The molecule has 8 nitrogen and oxygen atoms in total. The minimum absolute atomic E-state index is 0.0185. The van der Waals surface area contributed by atoms with Gasteiger partial charge in [0.15, 0.2) is 6.10 Å². The second-order valence-electron chi connectivity index (χ2n) is 8.66. The van der Waals surface area contributed by atoms with E-state index in [2.05, 4.69) is 15.3 Å². The van der Waals surface area contributed by atoms with Crippen molar-refractivity contribution in [2.45, 2.75) is 19.1 Å². The number of pyridine rings is 1. The van der Waals surface area contributed by atoms with E-state index in [0.717, 1.165) is 44.9 Å². The number of nitrogens with zero attached hydrogens (tertiary/aromatic N) is 4. The summed E-state index contributed by atoms with van der Waals surface area (Å²) in [5.74, 6) is 0.721. The Morgan fingerprint density at radius 3 is 2.86 bits per heavy atom. The molecule has 5 heterocycles. The standard InChI is InChI=1S/C25H22ClN5O3S/c26-16-9-15-10-21(25(33)30-7-5-27-6-8-30)34-23(15)19(11-16)18-1-4-29-20-12-17(35-24(18)20)13-31-14-28-3-2-22(31)32/h1-4,9,11-12,14,21,27H,5-8,10,13H2/t21-/m1/s1. The molecule has 10 heteroatoms. The fourth-order valence-electron chi connectivity index (χ4n) is 4.69. The van der Waals surface area contributed by atoms with E-state index in [4.69, 9.17) is 16.3 Å². The molecule has 1 saturated heterocycles. The molecule has 1 atom stereocenters. The Labute approximate surface area is 210 Å². The van der Waals surface area contributed by atoms with Crippen LogP contribution in [0.2, 0.25) is 5.02 Å². The highest BCUT2D eigenvalue weighted by molar-refractivity contribution is 7.19. The van der Waals surface area contributed by atoms with E-state index in [1.54, 1.807) is 22.1 Å². The van der Waals surface area contributed by atoms with Crippen LogP contribution in [0.4, 0.5) is 0 Å². The Kier molecular flexibility index (Phi) is 5.75. The number of rotatable bonds is 4. The molecule has 2 aliphatic heterocycles. The number of nitrogens with one attached hydrogen (secondary N) is 1. The number of carbonyl (C=O) groups excluding carboxylic acids is 1. The van der Waals surface area contributed by atoms with Gasteiger partial charge in [-0.3, -0.25) is 19.1 Å². The van der Waals surface area contributed by atoms with E-state index >= 15 is 0 Å². The van der Waals surface area contributed by atoms with E-state index in [9.17, 15) is 9.59 Å². The fraction of sp³-hybridized carbons (Fsp3) is 0.280. The lowest BCUT2D eigenvalue weighted by Gasteiger charge is -2.29. The van der Waals surface area contributed by atoms with E-state index in [1.807, 2.05) is 29.2 Å². The molecule has 35 heavy (non-hydrogen) atoms. The van der Waals surface area contributed by atoms with Gasteiger partial charge in [-0.2, -0.15) is 0 Å². The average Bonchev–Trinajstić information content (AvgIpc) is 3.48. The molecule has 0 bridgehead atoms. The van der Waals surface area contributed by atoms with E-state index in [0.29, 0.717) is 36.8 Å². The topological polar surface area (TPSA) is 89.3 Å². The summed E-state index contributed by atoms with van der Waals surface area (Å²) in [6.07, 6.45) is 4.74. The number of thiophene rings is 1. The van der Waals surface area contributed by atoms with Crippen molar-refractivity contribution in [1.29, 1.82) is 0 Å². The smallest absolute Gasteiger partial charge is 0.264 e. The maximum atomic E-state index is 13.1. The van der Waals surface area contributed by atoms with Gasteiger partial charge in [0.25, 0.3) is 11.5 Å². The van der Waals surface area contributed by atoms with Crippen LogP contribution in [0.1, 0.15) is 10.4 Å². The van der Waals surface area contributed by atoms with Gasteiger partial charge in [-0.15, -0.1) is 11.3 Å². The quantitative estimate of drug-likeness (QED) is 0.457. The van der Waals surface area contributed by atoms with Crippen LogP contribution in [-0.4, -0.2) is 57.6 Å². The van der Waals surface area contributed by atoms with Gasteiger partial charge >= 0.3 is 0 Å². The van der Waals surface area contributed by atoms with Crippen molar-refractivity contribution in [3.63, 3.8) is 0 Å². The normalized spacial score (nSPS) is 17.4. The third-order valence-electron chi connectivity index (χ3n) is 6.37. The lowest BCUT2D eigenvalue weighted by atomic mass is 10.0. The molecule has 178 valence electrons. The SMILES string of the molecule is O=C([C@H]1Cc2cc(Cl)cc(-c3ccnc4cc(Cn5cnccc5=O)sc34)c2O1)N1CCNCC1. The highest BCUT2D eigenvalue weighted by Gasteiger charge is 2.35. The van der Waals surface area contributed by atoms with E-state index in [1.165, 1.54) is 18.6 Å². The maximum absolute atomic E-state index is 13.1. The summed E-state index contributed by atoms with van der Waals surface area (Å²) in [5, 5.41) is 3.87. The highest BCUT2D eigenvalue weighted by Crippen LogP contribution is 2.44. The van der Waals surface area contributed by atoms with Crippen molar-refractivity contribution in [1.82, 2.24) is 24.8 Å². The number of hydrogen-bond acceptors (Lipinski definition) is 7. The maximum Gasteiger partial charge on any atom is 0.264 e. The molecule has 0 aliphatic carbocycles. The van der Waals surface area contributed by atoms with Gasteiger partial charge in [0, 0.05) is 77.7 Å². The summed E-state index contributed by atoms with van der Waals surface area (Å²) in [7, 11) is 0. The van der Waals surface area contributed by atoms with Gasteiger partial charge in [0.1, 0.15) is 5.75 Å². The predicted molar refractivity (Wildman–Crippen MR) is 135 cm³/mol. The first-order chi connectivity index (χ1) is 17.1. The second-order valence-corrected chi connectivity index (χ2v) is 10.2. The molecule has 3 aromatic heterocycles. The van der Waals surface area contributed by atoms with Crippen LogP contribution < -0.4 is 15.6 Å². The Hall–Kier alpha value is -3.27. The summed E-state index contributed by atoms with van der Waals surface area (Å²) >= 11 is 8.09. The lowest BCUT2D eigenvalue weighted by Crippen LogP contribution is -2.50. The van der Waals surface area contributed by atoms with E-state index < -0.39 is 6.10 Å². The van der Waals surface area contributed by atoms with E-state index in [-0.39, 0.29) is 11.5 Å². The fourth-order valence-corrected chi connectivity index (χ4v) is 6.08. The number of carbonyl (C=O) groups is 1. The highest BCUT2D eigenvalue weighted by atomic mass is 35.5. The summed E-state index contributed by atoms with van der Waals surface area (Å²) < 4.78 is 8.83. The zero-order valence-electron chi connectivity index (χ0n) is 18.7. The molecule has 4 aromatic rings. The van der Waals surface area contributed by atoms with Crippen molar-refractivity contribution in [2.24, 2.45) is 0 Å². The summed E-state index contributed by atoms with van der Waals surface area (Å²) in [6, 6.07) is 9.16. The van der Waals surface area contributed by atoms with Gasteiger partial charge in [0.05, 0.1) is 23.1 Å². The summed E-state index contributed by atoms with van der Waals surface area (Å²) in [4.78, 5) is 36.7. The van der Waals surface area contributed by atoms with Gasteiger partial charge < -0.3 is 15.0 Å². The van der Waals surface area contributed by atoms with Gasteiger partial charge in [-0.05, 0) is 24.3 Å². The first-order valence-corrected chi connectivity index (χ1v) is 12.6. The van der Waals surface area contributed by atoms with Crippen molar-refractivity contribution in [3.05, 3.63) is 74.9 Å². The van der Waals surface area contributed by atoms with Crippen LogP contribution in [-0.2, 0) is 17.8 Å². The molecular formula is C25H22ClN5O3S. The number of amides is 1. The average molecular weight is 508 g/mol.